The quantitative estimate of drug-likeness (QED) is 0.429. The van der Waals surface area contributed by atoms with Gasteiger partial charge in [-0.05, 0) is 105 Å². The smallest absolute Gasteiger partial charge is 0.265 e. The topological polar surface area (TPSA) is 94.2 Å². The summed E-state index contributed by atoms with van der Waals surface area (Å²) in [4.78, 5) is 15.6. The molecule has 2 heterocycles. The van der Waals surface area contributed by atoms with Gasteiger partial charge in [-0.2, -0.15) is 0 Å². The number of benzene rings is 2. The molecule has 2 bridgehead atoms. The van der Waals surface area contributed by atoms with Crippen molar-refractivity contribution in [1.82, 2.24) is 4.72 Å². The van der Waals surface area contributed by atoms with Gasteiger partial charge in [0.15, 0.2) is 0 Å². The molecule has 10 heteroatoms. The Labute approximate surface area is 253 Å². The summed E-state index contributed by atoms with van der Waals surface area (Å²) in [5, 5.41) is 0.707. The number of amides is 1. The second-order valence-corrected chi connectivity index (χ2v) is 14.1. The van der Waals surface area contributed by atoms with Crippen LogP contribution in [-0.4, -0.2) is 52.8 Å². The number of aryl methyl sites for hydroxylation is 1. The number of hydrogen-bond donors (Lipinski definition) is 1. The van der Waals surface area contributed by atoms with Crippen LogP contribution in [0.3, 0.4) is 0 Å². The number of rotatable bonds is 1. The van der Waals surface area contributed by atoms with Gasteiger partial charge in [-0.3, -0.25) is 4.79 Å². The molecule has 42 heavy (non-hydrogen) atoms. The fraction of sp³-hybridized carbons (Fsp3) is 0.531. The maximum atomic E-state index is 13.6. The largest absolute Gasteiger partial charge is 0.487 e. The molecule has 0 unspecified atom stereocenters. The van der Waals surface area contributed by atoms with Crippen LogP contribution in [0, 0.1) is 11.8 Å². The average molecular weight is 615 g/mol. The van der Waals surface area contributed by atoms with Crippen LogP contribution in [0.25, 0.3) is 0 Å². The van der Waals surface area contributed by atoms with Gasteiger partial charge in [0, 0.05) is 25.2 Å². The van der Waals surface area contributed by atoms with Gasteiger partial charge in [0.05, 0.1) is 23.3 Å². The van der Waals surface area contributed by atoms with Crippen molar-refractivity contribution in [1.29, 1.82) is 0 Å². The monoisotopic (exact) mass is 614 g/mol. The SMILES string of the molecule is CO[C@@H]1/C=C/COC2(CCC2)C(=O)NS(=O)(=O)c2ccc3c(c2)N(CCCCc2cc(Cl)ccc2CO3)C[C@@H]2CC[C@H]21. The van der Waals surface area contributed by atoms with Crippen molar-refractivity contribution in [2.45, 2.75) is 74.6 Å². The van der Waals surface area contributed by atoms with E-state index >= 15 is 0 Å². The molecule has 6 rings (SSSR count). The molecule has 8 nitrogen and oxygen atoms in total. The molecule has 0 radical (unpaired) electrons. The first kappa shape index (κ1) is 29.5. The summed E-state index contributed by atoms with van der Waals surface area (Å²) in [5.74, 6) is 0.708. The first-order valence-corrected chi connectivity index (χ1v) is 16.8. The van der Waals surface area contributed by atoms with Gasteiger partial charge in [0.25, 0.3) is 15.9 Å². The molecule has 2 saturated carbocycles. The van der Waals surface area contributed by atoms with Crippen molar-refractivity contribution in [3.8, 4) is 5.75 Å². The van der Waals surface area contributed by atoms with E-state index in [9.17, 15) is 13.2 Å². The molecule has 2 aromatic rings. The Kier molecular flexibility index (Phi) is 8.56. The van der Waals surface area contributed by atoms with Crippen molar-refractivity contribution in [2.75, 3.05) is 31.7 Å². The third kappa shape index (κ3) is 5.94. The third-order valence-electron chi connectivity index (χ3n) is 9.47. The number of sulfonamides is 1. The summed E-state index contributed by atoms with van der Waals surface area (Å²) >= 11 is 6.32. The molecular formula is C32H39ClN2O6S. The highest BCUT2D eigenvalue weighted by Gasteiger charge is 2.47. The van der Waals surface area contributed by atoms with Gasteiger partial charge >= 0.3 is 0 Å². The summed E-state index contributed by atoms with van der Waals surface area (Å²) in [6, 6.07) is 10.8. The molecule has 1 amide bonds. The van der Waals surface area contributed by atoms with E-state index in [0.717, 1.165) is 62.9 Å². The highest BCUT2D eigenvalue weighted by molar-refractivity contribution is 7.90. The molecule has 2 fully saturated rings. The van der Waals surface area contributed by atoms with Gasteiger partial charge in [-0.25, -0.2) is 13.1 Å². The lowest BCUT2D eigenvalue weighted by Crippen LogP contribution is -2.55. The van der Waals surface area contributed by atoms with Crippen LogP contribution in [0.4, 0.5) is 5.69 Å². The molecule has 0 saturated heterocycles. The van der Waals surface area contributed by atoms with E-state index in [0.29, 0.717) is 42.1 Å². The van der Waals surface area contributed by atoms with Gasteiger partial charge in [0.1, 0.15) is 18.0 Å². The molecule has 1 spiro atoms. The first-order valence-electron chi connectivity index (χ1n) is 15.0. The van der Waals surface area contributed by atoms with Gasteiger partial charge < -0.3 is 19.1 Å². The van der Waals surface area contributed by atoms with Crippen LogP contribution in [0.2, 0.25) is 5.02 Å². The minimum atomic E-state index is -4.14. The van der Waals surface area contributed by atoms with Gasteiger partial charge in [0.2, 0.25) is 0 Å². The number of carbonyl (C=O) groups is 1. The van der Waals surface area contributed by atoms with Crippen LogP contribution in [0.5, 0.6) is 5.75 Å². The maximum absolute atomic E-state index is 13.6. The molecule has 2 aromatic carbocycles. The molecule has 226 valence electrons. The van der Waals surface area contributed by atoms with E-state index in [1.807, 2.05) is 30.4 Å². The number of ether oxygens (including phenoxy) is 3. The fourth-order valence-electron chi connectivity index (χ4n) is 6.62. The number of fused-ring (bicyclic) bond motifs is 3. The number of halogens is 1. The van der Waals surface area contributed by atoms with E-state index in [2.05, 4.69) is 9.62 Å². The number of hydrogen-bond acceptors (Lipinski definition) is 7. The third-order valence-corrected chi connectivity index (χ3v) is 11.0. The Balaban J connectivity index is 1.40. The van der Waals surface area contributed by atoms with Crippen LogP contribution >= 0.6 is 11.6 Å². The second-order valence-electron chi connectivity index (χ2n) is 12.0. The van der Waals surface area contributed by atoms with E-state index in [1.54, 1.807) is 19.2 Å². The Morgan fingerprint density at radius 1 is 1.07 bits per heavy atom. The summed E-state index contributed by atoms with van der Waals surface area (Å²) in [6.07, 6.45) is 10.6. The minimum Gasteiger partial charge on any atom is -0.487 e. The maximum Gasteiger partial charge on any atom is 0.265 e. The van der Waals surface area contributed by atoms with Crippen molar-refractivity contribution < 1.29 is 27.4 Å². The van der Waals surface area contributed by atoms with Crippen LogP contribution in [0.15, 0.2) is 53.4 Å². The Morgan fingerprint density at radius 2 is 1.93 bits per heavy atom. The first-order chi connectivity index (χ1) is 20.3. The van der Waals surface area contributed by atoms with Crippen molar-refractivity contribution in [2.24, 2.45) is 11.8 Å². The van der Waals surface area contributed by atoms with Crippen molar-refractivity contribution in [3.63, 3.8) is 0 Å². The van der Waals surface area contributed by atoms with E-state index < -0.39 is 21.5 Å². The van der Waals surface area contributed by atoms with E-state index in [1.165, 1.54) is 11.6 Å². The molecule has 2 aliphatic carbocycles. The Hall–Kier alpha value is -2.59. The fourth-order valence-corrected chi connectivity index (χ4v) is 7.88. The lowest BCUT2D eigenvalue weighted by atomic mass is 9.70. The van der Waals surface area contributed by atoms with Crippen LogP contribution in [0.1, 0.15) is 56.1 Å². The highest BCUT2D eigenvalue weighted by Crippen LogP contribution is 2.42. The van der Waals surface area contributed by atoms with Crippen LogP contribution in [-0.2, 0) is 37.3 Å². The lowest BCUT2D eigenvalue weighted by molar-refractivity contribution is -0.155. The van der Waals surface area contributed by atoms with Crippen LogP contribution < -0.4 is 14.4 Å². The van der Waals surface area contributed by atoms with E-state index in [4.69, 9.17) is 25.8 Å². The number of anilines is 1. The normalized spacial score (nSPS) is 28.0. The molecule has 2 aliphatic heterocycles. The summed E-state index contributed by atoms with van der Waals surface area (Å²) in [6.45, 7) is 2.07. The Bertz CT molecular complexity index is 1460. The van der Waals surface area contributed by atoms with Crippen molar-refractivity contribution in [3.05, 3.63) is 64.7 Å². The number of nitrogens with zero attached hydrogens (tertiary/aromatic N) is 1. The predicted octanol–water partition coefficient (Wildman–Crippen LogP) is 5.42. The molecular weight excluding hydrogens is 576 g/mol. The minimum absolute atomic E-state index is 0.0339. The summed E-state index contributed by atoms with van der Waals surface area (Å²) < 4.78 is 47.8. The summed E-state index contributed by atoms with van der Waals surface area (Å²) in [7, 11) is -2.40. The Morgan fingerprint density at radius 3 is 2.67 bits per heavy atom. The summed E-state index contributed by atoms with van der Waals surface area (Å²) in [5.41, 5.74) is 1.82. The number of carbonyl (C=O) groups excluding carboxylic acids is 1. The second kappa shape index (κ2) is 12.2. The standard InChI is InChI=1S/C32H39ClN2O6S/c1-39-29-7-4-17-41-32(14-5-15-32)31(36)34-42(37,38)26-11-13-30-28(19-26)35(20-23-9-12-27(23)29)16-3-2-6-22-18-25(33)10-8-24(22)21-40-30/h4,7-8,10-11,13,18-19,23,27,29H,2-3,5-6,9,12,14-17,20-21H2,1H3,(H,34,36)/b7-4+/t23-,27+,29+/m0/s1. The molecule has 4 aliphatic rings. The number of methoxy groups -OCH3 is 1. The highest BCUT2D eigenvalue weighted by atomic mass is 35.5. The molecule has 3 atom stereocenters. The molecule has 0 aromatic heterocycles. The zero-order chi connectivity index (χ0) is 29.3. The predicted molar refractivity (Wildman–Crippen MR) is 161 cm³/mol. The van der Waals surface area contributed by atoms with Gasteiger partial charge in [-0.1, -0.05) is 29.8 Å². The van der Waals surface area contributed by atoms with Gasteiger partial charge in [-0.15, -0.1) is 0 Å². The number of nitrogens with one attached hydrogen (secondary N) is 1. The van der Waals surface area contributed by atoms with Crippen molar-refractivity contribution >= 4 is 33.2 Å². The van der Waals surface area contributed by atoms with E-state index in [-0.39, 0.29) is 17.6 Å². The molecule has 1 N–H and O–H groups in total. The zero-order valence-electron chi connectivity index (χ0n) is 24.0. The zero-order valence-corrected chi connectivity index (χ0v) is 25.6. The average Bonchev–Trinajstić information content (AvgIpc) is 2.96. The lowest BCUT2D eigenvalue weighted by Gasteiger charge is -2.43.